The van der Waals surface area contributed by atoms with Crippen LogP contribution in [0.3, 0.4) is 0 Å². The molecule has 1 heterocycles. The summed E-state index contributed by atoms with van der Waals surface area (Å²) in [5.41, 5.74) is 0.695. The zero-order valence-electron chi connectivity index (χ0n) is 7.50. The van der Waals surface area contributed by atoms with Crippen molar-refractivity contribution in [3.63, 3.8) is 0 Å². The second-order valence-electron chi connectivity index (χ2n) is 2.85. The van der Waals surface area contributed by atoms with Gasteiger partial charge in [0.1, 0.15) is 5.75 Å². The first-order valence-corrected chi connectivity index (χ1v) is 4.87. The fraction of sp³-hybridized carbons (Fsp3) is 0.100. The standard InChI is InChI=1S/C10H8BrNO2/c1-14-8-4-2-3-6-9(8)12-5-7(11)10(6)13/h2-5H,1H3,(H,12,13). The quantitative estimate of drug-likeness (QED) is 0.848. The summed E-state index contributed by atoms with van der Waals surface area (Å²) in [5.74, 6) is 0.673. The van der Waals surface area contributed by atoms with Crippen LogP contribution in [0.25, 0.3) is 10.9 Å². The van der Waals surface area contributed by atoms with Crippen LogP contribution >= 0.6 is 15.9 Å². The Kier molecular flexibility index (Phi) is 2.29. The molecule has 0 unspecified atom stereocenters. The molecule has 4 heteroatoms. The molecule has 0 fully saturated rings. The van der Waals surface area contributed by atoms with Gasteiger partial charge >= 0.3 is 0 Å². The third-order valence-electron chi connectivity index (χ3n) is 2.05. The van der Waals surface area contributed by atoms with Gasteiger partial charge in [-0.3, -0.25) is 4.79 Å². The van der Waals surface area contributed by atoms with Crippen LogP contribution < -0.4 is 10.2 Å². The van der Waals surface area contributed by atoms with Crippen molar-refractivity contribution in [2.45, 2.75) is 0 Å². The first kappa shape index (κ1) is 9.27. The van der Waals surface area contributed by atoms with Crippen LogP contribution in [-0.4, -0.2) is 12.1 Å². The molecule has 1 N–H and O–H groups in total. The molecule has 0 saturated carbocycles. The van der Waals surface area contributed by atoms with Gasteiger partial charge in [0, 0.05) is 6.20 Å². The summed E-state index contributed by atoms with van der Waals surface area (Å²) in [6.45, 7) is 0. The maximum atomic E-state index is 11.7. The Morgan fingerprint density at radius 2 is 2.21 bits per heavy atom. The average Bonchev–Trinajstić information content (AvgIpc) is 2.23. The van der Waals surface area contributed by atoms with E-state index in [4.69, 9.17) is 4.74 Å². The fourth-order valence-electron chi connectivity index (χ4n) is 1.37. The number of nitrogens with one attached hydrogen (secondary N) is 1. The number of ether oxygens (including phenoxy) is 1. The number of hydrogen-bond donors (Lipinski definition) is 1. The van der Waals surface area contributed by atoms with Crippen LogP contribution in [-0.2, 0) is 0 Å². The number of rotatable bonds is 1. The molecular formula is C10H8BrNO2. The number of aromatic nitrogens is 1. The number of H-pyrrole nitrogens is 1. The molecule has 0 aliphatic heterocycles. The highest BCUT2D eigenvalue weighted by Gasteiger charge is 2.05. The molecule has 0 radical (unpaired) electrons. The van der Waals surface area contributed by atoms with Crippen molar-refractivity contribution in [1.29, 1.82) is 0 Å². The highest BCUT2D eigenvalue weighted by molar-refractivity contribution is 9.10. The molecule has 1 aromatic heterocycles. The van der Waals surface area contributed by atoms with E-state index in [0.29, 0.717) is 15.6 Å². The van der Waals surface area contributed by atoms with Gasteiger partial charge in [-0.15, -0.1) is 0 Å². The summed E-state index contributed by atoms with van der Waals surface area (Å²) < 4.78 is 5.66. The van der Waals surface area contributed by atoms with Crippen LogP contribution in [0.4, 0.5) is 0 Å². The summed E-state index contributed by atoms with van der Waals surface area (Å²) in [7, 11) is 1.58. The first-order chi connectivity index (χ1) is 6.74. The Morgan fingerprint density at radius 1 is 1.43 bits per heavy atom. The smallest absolute Gasteiger partial charge is 0.203 e. The predicted molar refractivity (Wildman–Crippen MR) is 58.8 cm³/mol. The second kappa shape index (κ2) is 3.46. The van der Waals surface area contributed by atoms with E-state index in [1.807, 2.05) is 6.07 Å². The zero-order chi connectivity index (χ0) is 10.1. The number of hydrogen-bond acceptors (Lipinski definition) is 2. The van der Waals surface area contributed by atoms with Gasteiger partial charge in [-0.2, -0.15) is 0 Å². The van der Waals surface area contributed by atoms with E-state index >= 15 is 0 Å². The Bertz CT molecular complexity index is 533. The molecule has 0 bridgehead atoms. The van der Waals surface area contributed by atoms with Gasteiger partial charge in [-0.1, -0.05) is 6.07 Å². The normalized spacial score (nSPS) is 10.4. The number of fused-ring (bicyclic) bond motifs is 1. The minimum absolute atomic E-state index is 0.0300. The molecule has 2 aromatic rings. The van der Waals surface area contributed by atoms with E-state index in [9.17, 15) is 4.79 Å². The number of para-hydroxylation sites is 1. The summed E-state index contributed by atoms with van der Waals surface area (Å²) in [5, 5.41) is 0.624. The molecule has 0 aliphatic rings. The summed E-state index contributed by atoms with van der Waals surface area (Å²) in [6, 6.07) is 5.37. The van der Waals surface area contributed by atoms with Crippen LogP contribution in [0.1, 0.15) is 0 Å². The lowest BCUT2D eigenvalue weighted by atomic mass is 10.2. The van der Waals surface area contributed by atoms with Gasteiger partial charge in [0.05, 0.1) is 22.5 Å². The maximum Gasteiger partial charge on any atom is 0.203 e. The second-order valence-corrected chi connectivity index (χ2v) is 3.70. The van der Waals surface area contributed by atoms with Crippen LogP contribution in [0.5, 0.6) is 5.75 Å². The molecule has 3 nitrogen and oxygen atoms in total. The Morgan fingerprint density at radius 3 is 2.93 bits per heavy atom. The average molecular weight is 254 g/mol. The van der Waals surface area contributed by atoms with Crippen molar-refractivity contribution in [2.24, 2.45) is 0 Å². The highest BCUT2D eigenvalue weighted by atomic mass is 79.9. The monoisotopic (exact) mass is 253 g/mol. The Hall–Kier alpha value is -1.29. The van der Waals surface area contributed by atoms with E-state index in [2.05, 4.69) is 20.9 Å². The molecule has 2 rings (SSSR count). The van der Waals surface area contributed by atoms with Gasteiger partial charge in [0.25, 0.3) is 0 Å². The highest BCUT2D eigenvalue weighted by Crippen LogP contribution is 2.21. The van der Waals surface area contributed by atoms with Crippen LogP contribution in [0.2, 0.25) is 0 Å². The fourth-order valence-corrected chi connectivity index (χ4v) is 1.70. The molecule has 14 heavy (non-hydrogen) atoms. The molecular weight excluding hydrogens is 246 g/mol. The van der Waals surface area contributed by atoms with Crippen molar-refractivity contribution < 1.29 is 4.74 Å². The van der Waals surface area contributed by atoms with Crippen molar-refractivity contribution in [3.8, 4) is 5.75 Å². The Balaban J connectivity index is 2.93. The number of benzene rings is 1. The number of aromatic amines is 1. The van der Waals surface area contributed by atoms with Gasteiger partial charge in [0.15, 0.2) is 0 Å². The van der Waals surface area contributed by atoms with E-state index in [0.717, 1.165) is 5.52 Å². The van der Waals surface area contributed by atoms with Crippen molar-refractivity contribution in [3.05, 3.63) is 39.1 Å². The minimum Gasteiger partial charge on any atom is -0.495 e. The lowest BCUT2D eigenvalue weighted by molar-refractivity contribution is 0.419. The van der Waals surface area contributed by atoms with Crippen LogP contribution in [0, 0.1) is 0 Å². The first-order valence-electron chi connectivity index (χ1n) is 4.08. The lowest BCUT2D eigenvalue weighted by Crippen LogP contribution is -2.03. The Labute approximate surface area is 88.8 Å². The maximum absolute atomic E-state index is 11.7. The summed E-state index contributed by atoms with van der Waals surface area (Å²) in [6.07, 6.45) is 1.62. The molecule has 72 valence electrons. The van der Waals surface area contributed by atoms with Crippen LogP contribution in [0.15, 0.2) is 33.7 Å². The molecule has 0 saturated heterocycles. The van der Waals surface area contributed by atoms with Crippen molar-refractivity contribution in [2.75, 3.05) is 7.11 Å². The minimum atomic E-state index is -0.0300. The lowest BCUT2D eigenvalue weighted by Gasteiger charge is -2.04. The summed E-state index contributed by atoms with van der Waals surface area (Å²) >= 11 is 3.18. The van der Waals surface area contributed by atoms with Gasteiger partial charge < -0.3 is 9.72 Å². The summed E-state index contributed by atoms with van der Waals surface area (Å²) in [4.78, 5) is 14.7. The van der Waals surface area contributed by atoms with Gasteiger partial charge in [-0.05, 0) is 28.1 Å². The van der Waals surface area contributed by atoms with E-state index in [-0.39, 0.29) is 5.43 Å². The number of halogens is 1. The molecule has 0 aliphatic carbocycles. The van der Waals surface area contributed by atoms with E-state index in [1.165, 1.54) is 0 Å². The zero-order valence-corrected chi connectivity index (χ0v) is 9.09. The van der Waals surface area contributed by atoms with Crippen molar-refractivity contribution in [1.82, 2.24) is 4.98 Å². The molecule has 0 spiro atoms. The largest absolute Gasteiger partial charge is 0.495 e. The van der Waals surface area contributed by atoms with Gasteiger partial charge in [0.2, 0.25) is 5.43 Å². The SMILES string of the molecule is COc1cccc2c(=O)c(Br)c[nH]c12. The predicted octanol–water partition coefficient (Wildman–Crippen LogP) is 2.30. The van der Waals surface area contributed by atoms with Crippen molar-refractivity contribution >= 4 is 26.8 Å². The molecule has 0 amide bonds. The molecule has 0 atom stereocenters. The number of pyridine rings is 1. The topological polar surface area (TPSA) is 42.1 Å². The third-order valence-corrected chi connectivity index (χ3v) is 2.64. The van der Waals surface area contributed by atoms with E-state index < -0.39 is 0 Å². The molecule has 1 aromatic carbocycles. The van der Waals surface area contributed by atoms with Gasteiger partial charge in [-0.25, -0.2) is 0 Å². The number of methoxy groups -OCH3 is 1. The van der Waals surface area contributed by atoms with E-state index in [1.54, 1.807) is 25.4 Å². The third kappa shape index (κ3) is 1.32.